The monoisotopic (exact) mass is 240 g/mol. The van der Waals surface area contributed by atoms with Gasteiger partial charge in [-0.05, 0) is 39.1 Å². The average Bonchev–Trinajstić information content (AvgIpc) is 2.27. The number of rotatable bonds is 6. The molecular weight excluding hydrogens is 219 g/mol. The zero-order chi connectivity index (χ0) is 12.9. The van der Waals surface area contributed by atoms with Gasteiger partial charge in [0.15, 0.2) is 0 Å². The van der Waals surface area contributed by atoms with E-state index in [2.05, 4.69) is 24.5 Å². The Balaban J connectivity index is 2.71. The summed E-state index contributed by atoms with van der Waals surface area (Å²) in [5, 5.41) is 6.49. The third-order valence-corrected chi connectivity index (χ3v) is 2.62. The third-order valence-electron chi connectivity index (χ3n) is 2.62. The Labute approximate surface area is 102 Å². The van der Waals surface area contributed by atoms with E-state index in [4.69, 9.17) is 4.74 Å². The number of nitrogens with one attached hydrogen (secondary N) is 2. The maximum Gasteiger partial charge on any atom is 0.123 e. The molecule has 17 heavy (non-hydrogen) atoms. The van der Waals surface area contributed by atoms with E-state index < -0.39 is 0 Å². The molecular formula is C13H21FN2O. The number of hydrogen-bond donors (Lipinski definition) is 2. The van der Waals surface area contributed by atoms with Crippen molar-refractivity contribution in [3.05, 3.63) is 29.6 Å². The minimum absolute atomic E-state index is 0.0495. The van der Waals surface area contributed by atoms with Gasteiger partial charge in [-0.2, -0.15) is 0 Å². The highest BCUT2D eigenvalue weighted by Crippen LogP contribution is 2.19. The molecule has 0 aliphatic heterocycles. The SMILES string of the molecule is CNCC(C)(C)NCc1cc(F)ccc1OC. The smallest absolute Gasteiger partial charge is 0.123 e. The summed E-state index contributed by atoms with van der Waals surface area (Å²) in [6, 6.07) is 4.56. The van der Waals surface area contributed by atoms with Crippen molar-refractivity contribution in [1.29, 1.82) is 0 Å². The van der Waals surface area contributed by atoms with Crippen LogP contribution in [0.3, 0.4) is 0 Å². The predicted molar refractivity (Wildman–Crippen MR) is 67.8 cm³/mol. The molecule has 0 spiro atoms. The van der Waals surface area contributed by atoms with Crippen molar-refractivity contribution in [3.8, 4) is 5.75 Å². The first-order valence-electron chi connectivity index (χ1n) is 5.70. The second-order valence-corrected chi connectivity index (χ2v) is 4.72. The molecule has 1 rings (SSSR count). The van der Waals surface area contributed by atoms with Crippen LogP contribution in [0.4, 0.5) is 4.39 Å². The van der Waals surface area contributed by atoms with Crippen LogP contribution in [0.1, 0.15) is 19.4 Å². The molecule has 1 aromatic carbocycles. The molecule has 0 aliphatic rings. The zero-order valence-electron chi connectivity index (χ0n) is 10.9. The Morgan fingerprint density at radius 3 is 2.65 bits per heavy atom. The average molecular weight is 240 g/mol. The van der Waals surface area contributed by atoms with Gasteiger partial charge in [0.2, 0.25) is 0 Å². The highest BCUT2D eigenvalue weighted by atomic mass is 19.1. The van der Waals surface area contributed by atoms with Crippen molar-refractivity contribution in [3.63, 3.8) is 0 Å². The summed E-state index contributed by atoms with van der Waals surface area (Å²) in [6.07, 6.45) is 0. The minimum atomic E-state index is -0.242. The number of benzene rings is 1. The van der Waals surface area contributed by atoms with Gasteiger partial charge in [0, 0.05) is 24.2 Å². The second-order valence-electron chi connectivity index (χ2n) is 4.72. The van der Waals surface area contributed by atoms with Crippen LogP contribution in [0.2, 0.25) is 0 Å². The van der Waals surface area contributed by atoms with Crippen molar-refractivity contribution in [1.82, 2.24) is 10.6 Å². The van der Waals surface area contributed by atoms with Crippen LogP contribution in [-0.4, -0.2) is 26.2 Å². The van der Waals surface area contributed by atoms with Gasteiger partial charge in [-0.1, -0.05) is 0 Å². The predicted octanol–water partition coefficient (Wildman–Crippen LogP) is 1.92. The number of hydrogen-bond acceptors (Lipinski definition) is 3. The van der Waals surface area contributed by atoms with E-state index in [-0.39, 0.29) is 11.4 Å². The molecule has 0 unspecified atom stereocenters. The standard InChI is InChI=1S/C13H21FN2O/c1-13(2,9-15-3)16-8-10-7-11(14)5-6-12(10)17-4/h5-7,15-16H,8-9H2,1-4H3. The maximum atomic E-state index is 13.2. The summed E-state index contributed by atoms with van der Waals surface area (Å²) in [4.78, 5) is 0. The van der Waals surface area contributed by atoms with Crippen LogP contribution in [0.25, 0.3) is 0 Å². The van der Waals surface area contributed by atoms with Gasteiger partial charge in [-0.25, -0.2) is 4.39 Å². The molecule has 0 heterocycles. The Hall–Kier alpha value is -1.13. The van der Waals surface area contributed by atoms with E-state index >= 15 is 0 Å². The quantitative estimate of drug-likeness (QED) is 0.797. The van der Waals surface area contributed by atoms with Gasteiger partial charge in [0.1, 0.15) is 11.6 Å². The molecule has 3 nitrogen and oxygen atoms in total. The third kappa shape index (κ3) is 4.32. The topological polar surface area (TPSA) is 33.3 Å². The molecule has 0 saturated heterocycles. The van der Waals surface area contributed by atoms with Crippen molar-refractivity contribution in [2.75, 3.05) is 20.7 Å². The molecule has 0 saturated carbocycles. The van der Waals surface area contributed by atoms with Crippen LogP contribution in [0, 0.1) is 5.82 Å². The lowest BCUT2D eigenvalue weighted by Crippen LogP contribution is -2.46. The first-order chi connectivity index (χ1) is 7.98. The summed E-state index contributed by atoms with van der Waals surface area (Å²) in [7, 11) is 3.50. The largest absolute Gasteiger partial charge is 0.496 e. The van der Waals surface area contributed by atoms with Gasteiger partial charge < -0.3 is 15.4 Å². The van der Waals surface area contributed by atoms with E-state index in [1.54, 1.807) is 13.2 Å². The molecule has 0 radical (unpaired) electrons. The number of methoxy groups -OCH3 is 1. The fourth-order valence-corrected chi connectivity index (χ4v) is 1.72. The van der Waals surface area contributed by atoms with Gasteiger partial charge in [0.25, 0.3) is 0 Å². The van der Waals surface area contributed by atoms with E-state index in [0.717, 1.165) is 12.1 Å². The molecule has 2 N–H and O–H groups in total. The molecule has 96 valence electrons. The van der Waals surface area contributed by atoms with E-state index in [9.17, 15) is 4.39 Å². The minimum Gasteiger partial charge on any atom is -0.496 e. The van der Waals surface area contributed by atoms with Gasteiger partial charge in [-0.15, -0.1) is 0 Å². The number of ether oxygens (including phenoxy) is 1. The highest BCUT2D eigenvalue weighted by Gasteiger charge is 2.16. The summed E-state index contributed by atoms with van der Waals surface area (Å²) in [5.41, 5.74) is 0.781. The summed E-state index contributed by atoms with van der Waals surface area (Å²) >= 11 is 0. The Morgan fingerprint density at radius 1 is 1.35 bits per heavy atom. The van der Waals surface area contributed by atoms with Crippen LogP contribution in [0.15, 0.2) is 18.2 Å². The molecule has 0 fully saturated rings. The maximum absolute atomic E-state index is 13.2. The Bertz CT molecular complexity index is 366. The summed E-state index contributed by atoms with van der Waals surface area (Å²) in [6.45, 7) is 5.60. The molecule has 0 bridgehead atoms. The molecule has 0 aromatic heterocycles. The first-order valence-corrected chi connectivity index (χ1v) is 5.70. The molecule has 0 aliphatic carbocycles. The van der Waals surface area contributed by atoms with Crippen molar-refractivity contribution in [2.24, 2.45) is 0 Å². The molecule has 1 aromatic rings. The van der Waals surface area contributed by atoms with Crippen molar-refractivity contribution >= 4 is 0 Å². The number of likely N-dealkylation sites (N-methyl/N-ethyl adjacent to an activating group) is 1. The van der Waals surface area contributed by atoms with Gasteiger partial charge >= 0.3 is 0 Å². The lowest BCUT2D eigenvalue weighted by molar-refractivity contribution is 0.363. The fraction of sp³-hybridized carbons (Fsp3) is 0.538. The molecule has 4 heteroatoms. The number of halogens is 1. The van der Waals surface area contributed by atoms with Crippen molar-refractivity contribution in [2.45, 2.75) is 25.9 Å². The van der Waals surface area contributed by atoms with Crippen molar-refractivity contribution < 1.29 is 9.13 Å². The van der Waals surface area contributed by atoms with Crippen LogP contribution in [-0.2, 0) is 6.54 Å². The van der Waals surface area contributed by atoms with Crippen LogP contribution in [0.5, 0.6) is 5.75 Å². The lowest BCUT2D eigenvalue weighted by Gasteiger charge is -2.26. The molecule has 0 atom stereocenters. The normalized spacial score (nSPS) is 11.6. The Morgan fingerprint density at radius 2 is 2.06 bits per heavy atom. The van der Waals surface area contributed by atoms with E-state index in [0.29, 0.717) is 12.3 Å². The van der Waals surface area contributed by atoms with E-state index in [1.807, 2.05) is 7.05 Å². The zero-order valence-corrected chi connectivity index (χ0v) is 10.9. The fourth-order valence-electron chi connectivity index (χ4n) is 1.72. The summed E-state index contributed by atoms with van der Waals surface area (Å²) in [5.74, 6) is 0.466. The summed E-state index contributed by atoms with van der Waals surface area (Å²) < 4.78 is 18.4. The Kier molecular flexibility index (Phi) is 4.90. The van der Waals surface area contributed by atoms with E-state index in [1.165, 1.54) is 12.1 Å². The lowest BCUT2D eigenvalue weighted by atomic mass is 10.0. The van der Waals surface area contributed by atoms with Gasteiger partial charge in [0.05, 0.1) is 7.11 Å². The second kappa shape index (κ2) is 5.98. The van der Waals surface area contributed by atoms with Crippen LogP contribution < -0.4 is 15.4 Å². The molecule has 0 amide bonds. The highest BCUT2D eigenvalue weighted by molar-refractivity contribution is 5.33. The first kappa shape index (κ1) is 13.9. The van der Waals surface area contributed by atoms with Gasteiger partial charge in [-0.3, -0.25) is 0 Å². The van der Waals surface area contributed by atoms with Crippen LogP contribution >= 0.6 is 0 Å².